The molecule has 0 saturated carbocycles. The van der Waals surface area contributed by atoms with Gasteiger partial charge in [-0.2, -0.15) is 0 Å². The van der Waals surface area contributed by atoms with Crippen molar-refractivity contribution in [2.45, 2.75) is 32.7 Å². The van der Waals surface area contributed by atoms with Gasteiger partial charge in [0.25, 0.3) is 0 Å². The van der Waals surface area contributed by atoms with Gasteiger partial charge in [-0.05, 0) is 34.1 Å². The zero-order chi connectivity index (χ0) is 14.9. The molecular formula is C20H22Si. The maximum atomic E-state index is 2.35. The molecule has 0 aliphatic carbocycles. The predicted molar refractivity (Wildman–Crippen MR) is 93.3 cm³/mol. The van der Waals surface area contributed by atoms with Crippen LogP contribution in [0.3, 0.4) is 0 Å². The van der Waals surface area contributed by atoms with Crippen molar-refractivity contribution in [3.05, 3.63) is 71.8 Å². The molecule has 1 aliphatic rings. The molecule has 2 aromatic carbocycles. The lowest BCUT2D eigenvalue weighted by atomic mass is 9.85. The van der Waals surface area contributed by atoms with Crippen LogP contribution in [0.2, 0.25) is 5.54 Å². The van der Waals surface area contributed by atoms with Crippen LogP contribution >= 0.6 is 0 Å². The Morgan fingerprint density at radius 2 is 1.33 bits per heavy atom. The van der Waals surface area contributed by atoms with Crippen molar-refractivity contribution in [3.8, 4) is 0 Å². The van der Waals surface area contributed by atoms with Crippen molar-refractivity contribution in [1.82, 2.24) is 0 Å². The van der Waals surface area contributed by atoms with Crippen LogP contribution in [0.5, 0.6) is 0 Å². The molecule has 1 atom stereocenters. The van der Waals surface area contributed by atoms with Crippen LogP contribution in [-0.2, 0) is 0 Å². The minimum Gasteiger partial charge on any atom is -0.0622 e. The van der Waals surface area contributed by atoms with E-state index in [1.807, 2.05) is 0 Å². The molecule has 3 rings (SSSR count). The number of hydrogen-bond donors (Lipinski definition) is 0. The van der Waals surface area contributed by atoms with E-state index in [1.54, 1.807) is 10.8 Å². The van der Waals surface area contributed by atoms with E-state index in [0.717, 1.165) is 15.1 Å². The van der Waals surface area contributed by atoms with Gasteiger partial charge in [-0.1, -0.05) is 86.6 Å². The summed E-state index contributed by atoms with van der Waals surface area (Å²) in [7, 11) is 0.940. The van der Waals surface area contributed by atoms with Gasteiger partial charge in [0.1, 0.15) is 0 Å². The fraction of sp³-hybridized carbons (Fsp3) is 0.300. The van der Waals surface area contributed by atoms with Gasteiger partial charge in [0, 0.05) is 0 Å². The Morgan fingerprint density at radius 3 is 1.86 bits per heavy atom. The van der Waals surface area contributed by atoms with E-state index in [4.69, 9.17) is 0 Å². The number of benzene rings is 2. The van der Waals surface area contributed by atoms with Crippen LogP contribution in [0.25, 0.3) is 10.8 Å². The number of rotatable bonds is 3. The maximum Gasteiger partial charge on any atom is 0.0903 e. The molecule has 2 aromatic rings. The number of hydrogen-bond acceptors (Lipinski definition) is 0. The van der Waals surface area contributed by atoms with E-state index in [0.29, 0.717) is 5.41 Å². The van der Waals surface area contributed by atoms with Crippen molar-refractivity contribution in [1.29, 1.82) is 0 Å². The molecule has 1 aliphatic heterocycles. The quantitative estimate of drug-likeness (QED) is 0.655. The summed E-state index contributed by atoms with van der Waals surface area (Å²) >= 11 is 0. The van der Waals surface area contributed by atoms with Crippen molar-refractivity contribution < 1.29 is 0 Å². The van der Waals surface area contributed by atoms with Gasteiger partial charge >= 0.3 is 0 Å². The molecule has 0 spiro atoms. The molecule has 0 amide bonds. The molecule has 1 heteroatoms. The van der Waals surface area contributed by atoms with Gasteiger partial charge in [0.05, 0.1) is 9.52 Å². The molecule has 0 fully saturated rings. The van der Waals surface area contributed by atoms with Crippen LogP contribution in [0.4, 0.5) is 0 Å². The third-order valence-corrected chi connectivity index (χ3v) is 5.59. The minimum absolute atomic E-state index is 0.389. The average Bonchev–Trinajstić information content (AvgIpc) is 2.44. The van der Waals surface area contributed by atoms with Gasteiger partial charge in [-0.15, -0.1) is 0 Å². The second-order valence-corrected chi connectivity index (χ2v) is 8.47. The Hall–Kier alpha value is -1.60. The van der Waals surface area contributed by atoms with E-state index < -0.39 is 0 Å². The molecule has 0 nitrogen and oxygen atoms in total. The SMILES string of the molecule is CC(C)(C)CC1[Si]C(c2ccccc2)=C1c1ccccc1. The van der Waals surface area contributed by atoms with Crippen LogP contribution in [0, 0.1) is 5.41 Å². The van der Waals surface area contributed by atoms with Crippen LogP contribution in [-0.4, -0.2) is 9.52 Å². The summed E-state index contributed by atoms with van der Waals surface area (Å²) in [5, 5.41) is 1.57. The lowest BCUT2D eigenvalue weighted by molar-refractivity contribution is 0.382. The molecule has 1 heterocycles. The van der Waals surface area contributed by atoms with E-state index in [1.165, 1.54) is 17.5 Å². The summed E-state index contributed by atoms with van der Waals surface area (Å²) in [4.78, 5) is 0. The van der Waals surface area contributed by atoms with Gasteiger partial charge in [-0.25, -0.2) is 0 Å². The van der Waals surface area contributed by atoms with Crippen molar-refractivity contribution in [2.24, 2.45) is 5.41 Å². The summed E-state index contributed by atoms with van der Waals surface area (Å²) in [5.74, 6) is 0. The fourth-order valence-electron chi connectivity index (χ4n) is 2.99. The normalized spacial score (nSPS) is 18.5. The molecule has 0 bridgehead atoms. The lowest BCUT2D eigenvalue weighted by Gasteiger charge is -2.37. The molecule has 0 aromatic heterocycles. The molecule has 0 saturated heterocycles. The second kappa shape index (κ2) is 5.65. The Morgan fingerprint density at radius 1 is 0.810 bits per heavy atom. The van der Waals surface area contributed by atoms with Gasteiger partial charge < -0.3 is 0 Å². The predicted octanol–water partition coefficient (Wildman–Crippen LogP) is 5.50. The van der Waals surface area contributed by atoms with Gasteiger partial charge in [0.2, 0.25) is 0 Å². The van der Waals surface area contributed by atoms with Crippen LogP contribution < -0.4 is 0 Å². The highest BCUT2D eigenvalue weighted by Crippen LogP contribution is 2.49. The Balaban J connectivity index is 2.00. The van der Waals surface area contributed by atoms with E-state index >= 15 is 0 Å². The standard InChI is InChI=1S/C20H22Si/c1-20(2,3)14-17-18(15-10-6-4-7-11-15)19(21-17)16-12-8-5-9-13-16/h4-13,17H,14H2,1-3H3. The molecule has 2 radical (unpaired) electrons. The Kier molecular flexibility index (Phi) is 3.86. The maximum absolute atomic E-state index is 2.35. The Labute approximate surface area is 130 Å². The molecule has 1 unspecified atom stereocenters. The number of allylic oxidation sites excluding steroid dienone is 1. The van der Waals surface area contributed by atoms with Gasteiger partial charge in [0.15, 0.2) is 0 Å². The largest absolute Gasteiger partial charge is 0.0903 e. The molecule has 0 N–H and O–H groups in total. The fourth-order valence-corrected chi connectivity index (χ4v) is 5.09. The summed E-state index contributed by atoms with van der Waals surface area (Å²) in [6, 6.07) is 21.8. The highest BCUT2D eigenvalue weighted by atomic mass is 28.2. The van der Waals surface area contributed by atoms with Crippen molar-refractivity contribution >= 4 is 20.3 Å². The van der Waals surface area contributed by atoms with Gasteiger partial charge in [-0.3, -0.25) is 0 Å². The van der Waals surface area contributed by atoms with E-state index in [-0.39, 0.29) is 0 Å². The molecular weight excluding hydrogens is 268 g/mol. The van der Waals surface area contributed by atoms with E-state index in [9.17, 15) is 0 Å². The highest BCUT2D eigenvalue weighted by molar-refractivity contribution is 6.74. The summed E-state index contributed by atoms with van der Waals surface area (Å²) < 4.78 is 0. The minimum atomic E-state index is 0.389. The monoisotopic (exact) mass is 290 g/mol. The first-order valence-corrected chi connectivity index (χ1v) is 8.74. The zero-order valence-corrected chi connectivity index (χ0v) is 14.1. The summed E-state index contributed by atoms with van der Waals surface area (Å²) in [6.07, 6.45) is 1.27. The first kappa shape index (κ1) is 14.3. The topological polar surface area (TPSA) is 0 Å². The third-order valence-electron chi connectivity index (χ3n) is 3.90. The van der Waals surface area contributed by atoms with Crippen molar-refractivity contribution in [2.75, 3.05) is 0 Å². The average molecular weight is 290 g/mol. The highest BCUT2D eigenvalue weighted by Gasteiger charge is 2.34. The molecule has 106 valence electrons. The summed E-state index contributed by atoms with van der Waals surface area (Å²) in [5.41, 5.74) is 5.50. The van der Waals surface area contributed by atoms with Crippen LogP contribution in [0.1, 0.15) is 38.3 Å². The third kappa shape index (κ3) is 3.19. The van der Waals surface area contributed by atoms with Crippen molar-refractivity contribution in [3.63, 3.8) is 0 Å². The van der Waals surface area contributed by atoms with Crippen LogP contribution in [0.15, 0.2) is 60.7 Å². The first-order valence-electron chi connectivity index (χ1n) is 7.66. The Bertz CT molecular complexity index is 633. The summed E-state index contributed by atoms with van der Waals surface area (Å²) in [6.45, 7) is 7.04. The first-order chi connectivity index (χ1) is 10.0. The lowest BCUT2D eigenvalue weighted by Crippen LogP contribution is -2.25. The second-order valence-electron chi connectivity index (χ2n) is 6.98. The zero-order valence-electron chi connectivity index (χ0n) is 13.1. The van der Waals surface area contributed by atoms with E-state index in [2.05, 4.69) is 81.4 Å². The molecule has 21 heavy (non-hydrogen) atoms. The smallest absolute Gasteiger partial charge is 0.0622 e.